The Labute approximate surface area is 158 Å². The monoisotopic (exact) mass is 377 g/mol. The van der Waals surface area contributed by atoms with Crippen molar-refractivity contribution in [3.05, 3.63) is 29.3 Å². The molecule has 1 aromatic carbocycles. The van der Waals surface area contributed by atoms with Gasteiger partial charge in [-0.15, -0.1) is 0 Å². The summed E-state index contributed by atoms with van der Waals surface area (Å²) < 4.78 is 5.41. The van der Waals surface area contributed by atoms with E-state index in [9.17, 15) is 4.79 Å². The molecule has 0 aliphatic carbocycles. The minimum absolute atomic E-state index is 0.0776. The van der Waals surface area contributed by atoms with E-state index in [0.717, 1.165) is 38.2 Å². The number of carbonyl (C=O) groups excluding carboxylic acids is 1. The van der Waals surface area contributed by atoms with Gasteiger partial charge < -0.3 is 14.7 Å². The predicted octanol–water partition coefficient (Wildman–Crippen LogP) is 2.43. The van der Waals surface area contributed by atoms with Crippen LogP contribution in [0, 0.1) is 0 Å². The number of amides is 1. The Morgan fingerprint density at radius 3 is 2.81 bits per heavy atom. The summed E-state index contributed by atoms with van der Waals surface area (Å²) in [5.41, 5.74) is 0.827. The first kappa shape index (κ1) is 18.7. The van der Waals surface area contributed by atoms with Crippen molar-refractivity contribution in [1.29, 1.82) is 0 Å². The molecule has 8 heteroatoms. The van der Waals surface area contributed by atoms with Gasteiger partial charge in [0.1, 0.15) is 0 Å². The third kappa shape index (κ3) is 4.74. The topological polar surface area (TPSA) is 74.5 Å². The lowest BCUT2D eigenvalue weighted by atomic mass is 10.2. The second kappa shape index (κ2) is 8.51. The molecule has 26 heavy (non-hydrogen) atoms. The quantitative estimate of drug-likeness (QED) is 0.833. The molecule has 140 valence electrons. The second-order valence-corrected chi connectivity index (χ2v) is 6.99. The number of rotatable bonds is 6. The molecule has 0 saturated carbocycles. The van der Waals surface area contributed by atoms with Gasteiger partial charge in [0.05, 0.1) is 6.54 Å². The van der Waals surface area contributed by atoms with Crippen molar-refractivity contribution in [2.75, 3.05) is 37.6 Å². The number of halogens is 1. The van der Waals surface area contributed by atoms with Crippen LogP contribution < -0.4 is 10.2 Å². The van der Waals surface area contributed by atoms with E-state index in [-0.39, 0.29) is 11.9 Å². The Hall–Kier alpha value is -2.12. The molecule has 1 fully saturated rings. The van der Waals surface area contributed by atoms with Crippen molar-refractivity contribution in [2.24, 2.45) is 0 Å². The summed E-state index contributed by atoms with van der Waals surface area (Å²) in [5.74, 6) is 0.603. The fourth-order valence-corrected chi connectivity index (χ4v) is 3.00. The molecule has 0 radical (unpaired) electrons. The van der Waals surface area contributed by atoms with Crippen molar-refractivity contribution in [3.8, 4) is 11.4 Å². The summed E-state index contributed by atoms with van der Waals surface area (Å²) in [6, 6.07) is 8.09. The molecule has 1 amide bonds. The first-order chi connectivity index (χ1) is 12.5. The summed E-state index contributed by atoms with van der Waals surface area (Å²) >= 11 is 6.01. The van der Waals surface area contributed by atoms with Crippen LogP contribution >= 0.6 is 11.6 Å². The molecule has 2 heterocycles. The number of nitrogens with zero attached hydrogens (tertiary/aromatic N) is 4. The second-order valence-electron chi connectivity index (χ2n) is 6.55. The number of hydrogen-bond acceptors (Lipinski definition) is 6. The number of anilines is 1. The average molecular weight is 378 g/mol. The number of nitrogens with one attached hydrogen (secondary N) is 1. The first-order valence-electron chi connectivity index (χ1n) is 8.91. The highest BCUT2D eigenvalue weighted by molar-refractivity contribution is 6.30. The van der Waals surface area contributed by atoms with E-state index in [2.05, 4.69) is 27.3 Å². The number of carbonyl (C=O) groups is 1. The van der Waals surface area contributed by atoms with Gasteiger partial charge in [0, 0.05) is 42.8 Å². The highest BCUT2D eigenvalue weighted by Crippen LogP contribution is 2.23. The van der Waals surface area contributed by atoms with Crippen molar-refractivity contribution in [2.45, 2.75) is 26.3 Å². The maximum atomic E-state index is 12.0. The van der Waals surface area contributed by atoms with E-state index in [0.29, 0.717) is 23.4 Å². The maximum Gasteiger partial charge on any atom is 0.324 e. The van der Waals surface area contributed by atoms with Crippen LogP contribution in [0.15, 0.2) is 28.8 Å². The Kier molecular flexibility index (Phi) is 6.11. The number of benzene rings is 1. The van der Waals surface area contributed by atoms with E-state index < -0.39 is 0 Å². The Morgan fingerprint density at radius 2 is 2.12 bits per heavy atom. The van der Waals surface area contributed by atoms with E-state index in [4.69, 9.17) is 16.1 Å². The Balaban J connectivity index is 1.53. The fourth-order valence-electron chi connectivity index (χ4n) is 2.81. The largest absolute Gasteiger partial charge is 0.353 e. The molecule has 1 atom stereocenters. The van der Waals surface area contributed by atoms with Crippen molar-refractivity contribution in [1.82, 2.24) is 20.4 Å². The van der Waals surface area contributed by atoms with Gasteiger partial charge in [-0.05, 0) is 25.5 Å². The van der Waals surface area contributed by atoms with Crippen LogP contribution in [0.3, 0.4) is 0 Å². The van der Waals surface area contributed by atoms with Crippen LogP contribution in [0.4, 0.5) is 6.01 Å². The molecule has 1 aliphatic heterocycles. The van der Waals surface area contributed by atoms with E-state index in [1.807, 2.05) is 36.1 Å². The van der Waals surface area contributed by atoms with E-state index in [1.54, 1.807) is 0 Å². The zero-order valence-corrected chi connectivity index (χ0v) is 15.9. The van der Waals surface area contributed by atoms with Gasteiger partial charge in [0.25, 0.3) is 0 Å². The third-order valence-corrected chi connectivity index (χ3v) is 4.76. The molecule has 1 saturated heterocycles. The van der Waals surface area contributed by atoms with Crippen LogP contribution in [0.1, 0.15) is 20.3 Å². The average Bonchev–Trinajstić information content (AvgIpc) is 3.12. The maximum absolute atomic E-state index is 12.0. The lowest BCUT2D eigenvalue weighted by Gasteiger charge is -2.33. The lowest BCUT2D eigenvalue weighted by molar-refractivity contribution is -0.122. The smallest absolute Gasteiger partial charge is 0.324 e. The summed E-state index contributed by atoms with van der Waals surface area (Å²) in [6.07, 6.45) is 0.936. The van der Waals surface area contributed by atoms with E-state index >= 15 is 0 Å². The Morgan fingerprint density at radius 1 is 1.35 bits per heavy atom. The van der Waals surface area contributed by atoms with Crippen LogP contribution in [0.5, 0.6) is 0 Å². The molecular weight excluding hydrogens is 354 g/mol. The first-order valence-corrected chi connectivity index (χ1v) is 9.29. The number of piperazine rings is 1. The standard InChI is InChI=1S/C18H24ClN5O2/c1-3-13(2)20-16(25)12-23-7-9-24(10-8-23)18-21-17(22-26-18)14-5-4-6-15(19)11-14/h4-6,11,13H,3,7-10,12H2,1-2H3,(H,20,25). The minimum Gasteiger partial charge on any atom is -0.353 e. The molecule has 0 spiro atoms. The van der Waals surface area contributed by atoms with Crippen LogP contribution in [0.25, 0.3) is 11.4 Å². The molecule has 3 rings (SSSR count). The molecule has 0 bridgehead atoms. The van der Waals surface area contributed by atoms with E-state index in [1.165, 1.54) is 0 Å². The summed E-state index contributed by atoms with van der Waals surface area (Å²) in [7, 11) is 0. The molecule has 1 aliphatic rings. The van der Waals surface area contributed by atoms with Gasteiger partial charge in [-0.2, -0.15) is 4.98 Å². The SMILES string of the molecule is CCC(C)NC(=O)CN1CCN(c2nc(-c3cccc(Cl)c3)no2)CC1. The van der Waals surface area contributed by atoms with Crippen molar-refractivity contribution in [3.63, 3.8) is 0 Å². The predicted molar refractivity (Wildman–Crippen MR) is 101 cm³/mol. The van der Waals surface area contributed by atoms with Crippen LogP contribution in [-0.4, -0.2) is 59.7 Å². The molecule has 1 aromatic heterocycles. The third-order valence-electron chi connectivity index (χ3n) is 4.53. The molecule has 1 N–H and O–H groups in total. The van der Waals surface area contributed by atoms with Gasteiger partial charge in [-0.3, -0.25) is 9.69 Å². The molecule has 1 unspecified atom stereocenters. The highest BCUT2D eigenvalue weighted by atomic mass is 35.5. The number of hydrogen-bond donors (Lipinski definition) is 1. The van der Waals surface area contributed by atoms with Gasteiger partial charge in [-0.25, -0.2) is 0 Å². The molecular formula is C18H24ClN5O2. The summed E-state index contributed by atoms with van der Waals surface area (Å²) in [6.45, 7) is 7.55. The fraction of sp³-hybridized carbons (Fsp3) is 0.500. The van der Waals surface area contributed by atoms with Gasteiger partial charge >= 0.3 is 6.01 Å². The van der Waals surface area contributed by atoms with Crippen molar-refractivity contribution >= 4 is 23.5 Å². The summed E-state index contributed by atoms with van der Waals surface area (Å²) in [4.78, 5) is 20.7. The molecule has 2 aromatic rings. The Bertz CT molecular complexity index is 743. The van der Waals surface area contributed by atoms with Crippen LogP contribution in [0.2, 0.25) is 5.02 Å². The highest BCUT2D eigenvalue weighted by Gasteiger charge is 2.23. The zero-order chi connectivity index (χ0) is 18.5. The van der Waals surface area contributed by atoms with Crippen molar-refractivity contribution < 1.29 is 9.32 Å². The molecule has 7 nitrogen and oxygen atoms in total. The number of aromatic nitrogens is 2. The van der Waals surface area contributed by atoms with Gasteiger partial charge in [0.15, 0.2) is 0 Å². The summed E-state index contributed by atoms with van der Waals surface area (Å²) in [5, 5.41) is 7.69. The lowest BCUT2D eigenvalue weighted by Crippen LogP contribution is -2.50. The zero-order valence-electron chi connectivity index (χ0n) is 15.1. The minimum atomic E-state index is 0.0776. The van der Waals surface area contributed by atoms with Crippen LogP contribution in [-0.2, 0) is 4.79 Å². The normalized spacial score (nSPS) is 16.5. The van der Waals surface area contributed by atoms with Gasteiger partial charge in [-0.1, -0.05) is 35.8 Å². The van der Waals surface area contributed by atoms with Gasteiger partial charge in [0.2, 0.25) is 11.7 Å².